The molecule has 0 saturated carbocycles. The number of hydrogen-bond donors (Lipinski definition) is 1. The van der Waals surface area contributed by atoms with Crippen LogP contribution in [0.1, 0.15) is 31.9 Å². The van der Waals surface area contributed by atoms with Gasteiger partial charge in [0.25, 0.3) is 8.32 Å². The summed E-state index contributed by atoms with van der Waals surface area (Å²) >= 11 is 0. The van der Waals surface area contributed by atoms with Gasteiger partial charge in [0.15, 0.2) is 6.29 Å². The van der Waals surface area contributed by atoms with Crippen molar-refractivity contribution in [2.24, 2.45) is 0 Å². The molecule has 0 amide bonds. The number of rotatable bonds is 12. The maximum absolute atomic E-state index is 11.4. The fourth-order valence-electron chi connectivity index (χ4n) is 6.12. The van der Waals surface area contributed by atoms with Gasteiger partial charge in [0.2, 0.25) is 0 Å². The molecule has 1 N–H and O–H groups in total. The largest absolute Gasteiger partial charge is 0.405 e. The Balaban J connectivity index is 1.50. The van der Waals surface area contributed by atoms with E-state index in [0.717, 1.165) is 11.1 Å². The predicted molar refractivity (Wildman–Crippen MR) is 175 cm³/mol. The second-order valence-electron chi connectivity index (χ2n) is 12.3. The molecule has 44 heavy (non-hydrogen) atoms. The van der Waals surface area contributed by atoms with Gasteiger partial charge in [-0.15, -0.1) is 0 Å². The molecule has 4 aromatic rings. The number of aliphatic hydroxyl groups is 1. The number of ether oxygens (including phenoxy) is 4. The van der Waals surface area contributed by atoms with Crippen molar-refractivity contribution < 1.29 is 28.5 Å². The molecule has 1 aliphatic rings. The van der Waals surface area contributed by atoms with E-state index in [4.69, 9.17) is 23.4 Å². The summed E-state index contributed by atoms with van der Waals surface area (Å²) in [6, 6.07) is 40.9. The van der Waals surface area contributed by atoms with Gasteiger partial charge < -0.3 is 28.5 Å². The lowest BCUT2D eigenvalue weighted by molar-refractivity contribution is -0.310. The molecule has 0 aromatic heterocycles. The lowest BCUT2D eigenvalue weighted by atomic mass is 9.98. The van der Waals surface area contributed by atoms with Crippen LogP contribution in [0, 0.1) is 0 Å². The van der Waals surface area contributed by atoms with Gasteiger partial charge in [0.05, 0.1) is 19.8 Å². The summed E-state index contributed by atoms with van der Waals surface area (Å²) in [7, 11) is -1.34. The van der Waals surface area contributed by atoms with Crippen LogP contribution in [0.4, 0.5) is 0 Å². The molecule has 0 radical (unpaired) electrons. The first-order valence-electron chi connectivity index (χ1n) is 15.3. The quantitative estimate of drug-likeness (QED) is 0.214. The van der Waals surface area contributed by atoms with E-state index in [1.54, 1.807) is 0 Å². The van der Waals surface area contributed by atoms with E-state index in [1.807, 2.05) is 72.8 Å². The molecule has 6 nitrogen and oxygen atoms in total. The molecule has 1 fully saturated rings. The van der Waals surface area contributed by atoms with E-state index < -0.39 is 39.0 Å². The van der Waals surface area contributed by atoms with Crippen molar-refractivity contribution in [1.29, 1.82) is 0 Å². The summed E-state index contributed by atoms with van der Waals surface area (Å²) < 4.78 is 32.4. The van der Waals surface area contributed by atoms with Gasteiger partial charge in [-0.25, -0.2) is 0 Å². The molecule has 232 valence electrons. The monoisotopic (exact) mass is 612 g/mol. The molecule has 5 atom stereocenters. The first kappa shape index (κ1) is 32.3. The number of methoxy groups -OCH3 is 1. The Kier molecular flexibility index (Phi) is 10.8. The molecular formula is C37H44O6Si. The second-order valence-corrected chi connectivity index (χ2v) is 16.6. The minimum absolute atomic E-state index is 0.214. The van der Waals surface area contributed by atoms with Crippen molar-refractivity contribution in [2.75, 3.05) is 13.7 Å². The molecule has 0 spiro atoms. The summed E-state index contributed by atoms with van der Waals surface area (Å²) in [5, 5.41) is 13.6. The highest BCUT2D eigenvalue weighted by molar-refractivity contribution is 6.99. The van der Waals surface area contributed by atoms with Gasteiger partial charge in [0.1, 0.15) is 24.4 Å². The fourth-order valence-corrected chi connectivity index (χ4v) is 10.7. The number of benzene rings is 4. The minimum atomic E-state index is -2.87. The molecular weight excluding hydrogens is 568 g/mol. The highest BCUT2D eigenvalue weighted by Crippen LogP contribution is 2.38. The third kappa shape index (κ3) is 7.21. The molecule has 1 heterocycles. The van der Waals surface area contributed by atoms with Crippen molar-refractivity contribution in [3.8, 4) is 0 Å². The Morgan fingerprint density at radius 2 is 1.09 bits per heavy atom. The maximum Gasteiger partial charge on any atom is 0.261 e. The van der Waals surface area contributed by atoms with Gasteiger partial charge in [-0.1, -0.05) is 142 Å². The average Bonchev–Trinajstić information content (AvgIpc) is 3.05. The zero-order valence-electron chi connectivity index (χ0n) is 26.0. The summed E-state index contributed by atoms with van der Waals surface area (Å²) in [6.45, 7) is 7.62. The van der Waals surface area contributed by atoms with Gasteiger partial charge in [-0.2, -0.15) is 0 Å². The third-order valence-corrected chi connectivity index (χ3v) is 13.3. The average molecular weight is 613 g/mol. The van der Waals surface area contributed by atoms with Crippen molar-refractivity contribution in [2.45, 2.75) is 69.7 Å². The van der Waals surface area contributed by atoms with Gasteiger partial charge in [-0.3, -0.25) is 0 Å². The lowest BCUT2D eigenvalue weighted by Gasteiger charge is -2.47. The predicted octanol–water partition coefficient (Wildman–Crippen LogP) is 5.47. The van der Waals surface area contributed by atoms with Crippen LogP contribution in [0.3, 0.4) is 0 Å². The Hall–Kier alpha value is -3.14. The standard InChI is InChI=1S/C37H44O6Si/c1-37(2,3)44(30-21-13-7-14-22-30,31-23-15-8-16-24-31)42-27-32-34(40-25-28-17-9-5-10-18-28)35(33(38)36(39-4)43-32)41-26-29-19-11-6-12-20-29/h5-24,32-36,38H,25-27H2,1-4H3/t32?,33?,34-,35-,36-/m1/s1. The highest BCUT2D eigenvalue weighted by Gasteiger charge is 2.53. The van der Waals surface area contributed by atoms with Crippen LogP contribution in [0.15, 0.2) is 121 Å². The van der Waals surface area contributed by atoms with Crippen LogP contribution in [0.5, 0.6) is 0 Å². The zero-order chi connectivity index (χ0) is 31.0. The fraction of sp³-hybridized carbons (Fsp3) is 0.351. The number of aliphatic hydroxyl groups excluding tert-OH is 1. The van der Waals surface area contributed by atoms with E-state index in [2.05, 4.69) is 69.3 Å². The summed E-state index contributed by atoms with van der Waals surface area (Å²) in [6.07, 6.45) is -3.88. The first-order valence-corrected chi connectivity index (χ1v) is 17.2. The lowest BCUT2D eigenvalue weighted by Crippen LogP contribution is -2.68. The highest BCUT2D eigenvalue weighted by atomic mass is 28.4. The molecule has 0 aliphatic carbocycles. The Morgan fingerprint density at radius 3 is 1.52 bits per heavy atom. The van der Waals surface area contributed by atoms with Crippen molar-refractivity contribution in [3.63, 3.8) is 0 Å². The molecule has 1 saturated heterocycles. The van der Waals surface area contributed by atoms with E-state index in [9.17, 15) is 5.11 Å². The Labute approximate surface area is 262 Å². The van der Waals surface area contributed by atoms with Crippen LogP contribution >= 0.6 is 0 Å². The van der Waals surface area contributed by atoms with E-state index in [0.29, 0.717) is 13.2 Å². The zero-order valence-corrected chi connectivity index (χ0v) is 27.0. The molecule has 2 unspecified atom stereocenters. The Bertz CT molecular complexity index is 1360. The van der Waals surface area contributed by atoms with Gasteiger partial charge in [-0.05, 0) is 26.5 Å². The van der Waals surface area contributed by atoms with Crippen LogP contribution in [-0.4, -0.2) is 57.8 Å². The van der Waals surface area contributed by atoms with Gasteiger partial charge in [0, 0.05) is 7.11 Å². The van der Waals surface area contributed by atoms with Crippen molar-refractivity contribution in [3.05, 3.63) is 132 Å². The van der Waals surface area contributed by atoms with Crippen molar-refractivity contribution in [1.82, 2.24) is 0 Å². The summed E-state index contributed by atoms with van der Waals surface area (Å²) in [5.74, 6) is 0. The molecule has 4 aromatic carbocycles. The van der Waals surface area contributed by atoms with Crippen LogP contribution in [0.25, 0.3) is 0 Å². The van der Waals surface area contributed by atoms with Crippen LogP contribution in [0.2, 0.25) is 5.04 Å². The normalized spacial score (nSPS) is 22.5. The van der Waals surface area contributed by atoms with E-state index in [-0.39, 0.29) is 11.6 Å². The topological polar surface area (TPSA) is 66.4 Å². The van der Waals surface area contributed by atoms with E-state index >= 15 is 0 Å². The smallest absolute Gasteiger partial charge is 0.261 e. The van der Waals surface area contributed by atoms with Crippen LogP contribution in [-0.2, 0) is 36.6 Å². The van der Waals surface area contributed by atoms with Gasteiger partial charge >= 0.3 is 0 Å². The molecule has 0 bridgehead atoms. The summed E-state index contributed by atoms with van der Waals surface area (Å²) in [5.41, 5.74) is 2.02. The SMILES string of the molecule is CO[C@@H]1OC(CO[Si](c2ccccc2)(c2ccccc2)C(C)(C)C)[C@@H](OCc2ccccc2)[C@H](OCc2ccccc2)C1O. The first-order chi connectivity index (χ1) is 21.3. The summed E-state index contributed by atoms with van der Waals surface area (Å²) in [4.78, 5) is 0. The molecule has 5 rings (SSSR count). The molecule has 7 heteroatoms. The Morgan fingerprint density at radius 1 is 0.659 bits per heavy atom. The molecule has 1 aliphatic heterocycles. The third-order valence-electron chi connectivity index (χ3n) is 8.30. The maximum atomic E-state index is 11.4. The van der Waals surface area contributed by atoms with E-state index in [1.165, 1.54) is 17.5 Å². The minimum Gasteiger partial charge on any atom is -0.405 e. The number of hydrogen-bond acceptors (Lipinski definition) is 6. The second kappa shape index (κ2) is 14.8. The van der Waals surface area contributed by atoms with Crippen molar-refractivity contribution >= 4 is 18.7 Å². The van der Waals surface area contributed by atoms with Crippen LogP contribution < -0.4 is 10.4 Å².